The standard InChI is InChI=1S/C23H26N2O5/c1-5-17(24-15-9-7-14(8-10-15)11-21(26)30-6-2)22-16-12-19(28-3)20(29-4)13-18(16)25-23(22)27/h7-10,12-13,24H,5-6,11H2,1-4H3,(H,25,27)/b22-17-. The molecule has 0 aliphatic carbocycles. The normalized spacial score (nSPS) is 13.9. The summed E-state index contributed by atoms with van der Waals surface area (Å²) in [6, 6.07) is 11.1. The van der Waals surface area contributed by atoms with Gasteiger partial charge in [0.15, 0.2) is 11.5 Å². The summed E-state index contributed by atoms with van der Waals surface area (Å²) in [7, 11) is 3.12. The molecule has 158 valence electrons. The Morgan fingerprint density at radius 3 is 2.30 bits per heavy atom. The molecule has 0 atom stereocenters. The van der Waals surface area contributed by atoms with E-state index < -0.39 is 0 Å². The van der Waals surface area contributed by atoms with Crippen LogP contribution in [0, 0.1) is 0 Å². The van der Waals surface area contributed by atoms with Crippen LogP contribution in [0.25, 0.3) is 5.57 Å². The minimum atomic E-state index is -0.252. The fourth-order valence-corrected chi connectivity index (χ4v) is 3.38. The number of hydrogen-bond acceptors (Lipinski definition) is 6. The Bertz CT molecular complexity index is 980. The molecule has 3 rings (SSSR count). The maximum atomic E-state index is 12.7. The Morgan fingerprint density at radius 2 is 1.70 bits per heavy atom. The summed E-state index contributed by atoms with van der Waals surface area (Å²) in [5, 5.41) is 6.24. The van der Waals surface area contributed by atoms with Gasteiger partial charge in [0.1, 0.15) is 0 Å². The van der Waals surface area contributed by atoms with E-state index in [-0.39, 0.29) is 18.3 Å². The third kappa shape index (κ3) is 4.40. The van der Waals surface area contributed by atoms with Crippen LogP contribution < -0.4 is 20.1 Å². The number of rotatable bonds is 8. The molecule has 2 N–H and O–H groups in total. The molecule has 1 heterocycles. The van der Waals surface area contributed by atoms with Crippen molar-refractivity contribution in [1.82, 2.24) is 0 Å². The van der Waals surface area contributed by atoms with Crippen molar-refractivity contribution >= 4 is 28.8 Å². The average molecular weight is 410 g/mol. The second-order valence-corrected chi connectivity index (χ2v) is 6.72. The first-order valence-electron chi connectivity index (χ1n) is 9.83. The summed E-state index contributed by atoms with van der Waals surface area (Å²) in [5.41, 5.74) is 4.51. The van der Waals surface area contributed by atoms with Gasteiger partial charge in [0, 0.05) is 23.0 Å². The Morgan fingerprint density at radius 1 is 1.03 bits per heavy atom. The van der Waals surface area contributed by atoms with Crippen LogP contribution in [0.1, 0.15) is 31.4 Å². The Hall–Kier alpha value is -3.48. The zero-order valence-corrected chi connectivity index (χ0v) is 17.6. The molecule has 7 nitrogen and oxygen atoms in total. The van der Waals surface area contributed by atoms with Crippen molar-refractivity contribution in [2.24, 2.45) is 0 Å². The number of allylic oxidation sites excluding steroid dienone is 1. The lowest BCUT2D eigenvalue weighted by Gasteiger charge is -2.14. The van der Waals surface area contributed by atoms with Crippen LogP contribution in [0.4, 0.5) is 11.4 Å². The first-order valence-corrected chi connectivity index (χ1v) is 9.83. The first kappa shape index (κ1) is 21.2. The van der Waals surface area contributed by atoms with Gasteiger partial charge in [-0.05, 0) is 37.1 Å². The molecule has 0 fully saturated rings. The monoisotopic (exact) mass is 410 g/mol. The summed E-state index contributed by atoms with van der Waals surface area (Å²) in [5.74, 6) is 0.687. The topological polar surface area (TPSA) is 85.9 Å². The van der Waals surface area contributed by atoms with E-state index in [4.69, 9.17) is 14.2 Å². The third-order valence-corrected chi connectivity index (χ3v) is 4.83. The van der Waals surface area contributed by atoms with E-state index in [2.05, 4.69) is 10.6 Å². The molecular formula is C23H26N2O5. The van der Waals surface area contributed by atoms with E-state index >= 15 is 0 Å². The van der Waals surface area contributed by atoms with Gasteiger partial charge in [-0.25, -0.2) is 0 Å². The first-order chi connectivity index (χ1) is 14.5. The highest BCUT2D eigenvalue weighted by atomic mass is 16.5. The fourth-order valence-electron chi connectivity index (χ4n) is 3.38. The number of esters is 1. The zero-order chi connectivity index (χ0) is 21.7. The molecule has 0 saturated carbocycles. The molecule has 1 aliphatic rings. The number of ether oxygens (including phenoxy) is 3. The number of carbonyl (C=O) groups is 2. The van der Waals surface area contributed by atoms with Gasteiger partial charge in [-0.1, -0.05) is 19.1 Å². The van der Waals surface area contributed by atoms with Crippen molar-refractivity contribution in [3.8, 4) is 11.5 Å². The molecule has 0 radical (unpaired) electrons. The van der Waals surface area contributed by atoms with E-state index in [1.165, 1.54) is 0 Å². The molecule has 0 spiro atoms. The van der Waals surface area contributed by atoms with Crippen LogP contribution >= 0.6 is 0 Å². The number of fused-ring (bicyclic) bond motifs is 1. The van der Waals surface area contributed by atoms with Crippen LogP contribution in [-0.4, -0.2) is 32.7 Å². The van der Waals surface area contributed by atoms with Gasteiger partial charge in [-0.15, -0.1) is 0 Å². The molecule has 0 bridgehead atoms. The number of anilines is 2. The van der Waals surface area contributed by atoms with Crippen LogP contribution in [0.3, 0.4) is 0 Å². The molecule has 1 amide bonds. The summed E-state index contributed by atoms with van der Waals surface area (Å²) in [4.78, 5) is 24.4. The summed E-state index contributed by atoms with van der Waals surface area (Å²) in [6.45, 7) is 4.14. The minimum Gasteiger partial charge on any atom is -0.493 e. The maximum Gasteiger partial charge on any atom is 0.310 e. The number of carbonyl (C=O) groups excluding carboxylic acids is 2. The molecular weight excluding hydrogens is 384 g/mol. The van der Waals surface area contributed by atoms with Crippen molar-refractivity contribution in [2.45, 2.75) is 26.7 Å². The van der Waals surface area contributed by atoms with Crippen molar-refractivity contribution < 1.29 is 23.8 Å². The molecule has 0 saturated heterocycles. The summed E-state index contributed by atoms with van der Waals surface area (Å²) in [6.07, 6.45) is 0.856. The van der Waals surface area contributed by atoms with E-state index in [9.17, 15) is 9.59 Å². The highest BCUT2D eigenvalue weighted by molar-refractivity contribution is 6.32. The van der Waals surface area contributed by atoms with Gasteiger partial charge >= 0.3 is 5.97 Å². The van der Waals surface area contributed by atoms with Gasteiger partial charge in [-0.2, -0.15) is 0 Å². The molecule has 2 aromatic rings. The summed E-state index contributed by atoms with van der Waals surface area (Å²) < 4.78 is 15.7. The highest BCUT2D eigenvalue weighted by Crippen LogP contribution is 2.42. The molecule has 1 aliphatic heterocycles. The zero-order valence-electron chi connectivity index (χ0n) is 17.6. The lowest BCUT2D eigenvalue weighted by atomic mass is 10.0. The van der Waals surface area contributed by atoms with Crippen molar-refractivity contribution in [1.29, 1.82) is 0 Å². The molecule has 30 heavy (non-hydrogen) atoms. The number of nitrogens with one attached hydrogen (secondary N) is 2. The largest absolute Gasteiger partial charge is 0.493 e. The van der Waals surface area contributed by atoms with Crippen LogP contribution in [-0.2, 0) is 20.7 Å². The average Bonchev–Trinajstić information content (AvgIpc) is 3.06. The van der Waals surface area contributed by atoms with Crippen LogP contribution in [0.15, 0.2) is 42.1 Å². The number of benzene rings is 2. The van der Waals surface area contributed by atoms with Gasteiger partial charge in [0.05, 0.1) is 38.5 Å². The second-order valence-electron chi connectivity index (χ2n) is 6.72. The third-order valence-electron chi connectivity index (χ3n) is 4.83. The number of amides is 1. The predicted octanol–water partition coefficient (Wildman–Crippen LogP) is 3.99. The van der Waals surface area contributed by atoms with Crippen molar-refractivity contribution in [2.75, 3.05) is 31.5 Å². The van der Waals surface area contributed by atoms with E-state index in [1.807, 2.05) is 31.2 Å². The van der Waals surface area contributed by atoms with E-state index in [0.717, 1.165) is 22.5 Å². The smallest absolute Gasteiger partial charge is 0.310 e. The highest BCUT2D eigenvalue weighted by Gasteiger charge is 2.29. The fraction of sp³-hybridized carbons (Fsp3) is 0.304. The van der Waals surface area contributed by atoms with Gasteiger partial charge < -0.3 is 24.8 Å². The quantitative estimate of drug-likeness (QED) is 0.505. The molecule has 0 unspecified atom stereocenters. The maximum absolute atomic E-state index is 12.7. The van der Waals surface area contributed by atoms with Crippen molar-refractivity contribution in [3.05, 3.63) is 53.2 Å². The SMILES string of the molecule is CCOC(=O)Cc1ccc(N/C(CC)=C2\C(=O)Nc3cc(OC)c(OC)cc32)cc1. The predicted molar refractivity (Wildman–Crippen MR) is 116 cm³/mol. The molecule has 7 heteroatoms. The summed E-state index contributed by atoms with van der Waals surface area (Å²) >= 11 is 0. The van der Waals surface area contributed by atoms with Crippen molar-refractivity contribution in [3.63, 3.8) is 0 Å². The minimum absolute atomic E-state index is 0.177. The number of hydrogen-bond donors (Lipinski definition) is 2. The molecule has 0 aromatic heterocycles. The van der Waals surface area contributed by atoms with E-state index in [0.29, 0.717) is 35.8 Å². The lowest BCUT2D eigenvalue weighted by Crippen LogP contribution is -2.10. The van der Waals surface area contributed by atoms with Gasteiger partial charge in [0.25, 0.3) is 5.91 Å². The second kappa shape index (κ2) is 9.35. The van der Waals surface area contributed by atoms with Crippen LogP contribution in [0.2, 0.25) is 0 Å². The Labute approximate surface area is 176 Å². The van der Waals surface area contributed by atoms with Gasteiger partial charge in [-0.3, -0.25) is 9.59 Å². The number of methoxy groups -OCH3 is 2. The van der Waals surface area contributed by atoms with Crippen LogP contribution in [0.5, 0.6) is 11.5 Å². The Kier molecular flexibility index (Phi) is 6.61. The molecule has 2 aromatic carbocycles. The lowest BCUT2D eigenvalue weighted by molar-refractivity contribution is -0.142. The Balaban J connectivity index is 1.89. The van der Waals surface area contributed by atoms with Gasteiger partial charge in [0.2, 0.25) is 0 Å². The van der Waals surface area contributed by atoms with E-state index in [1.54, 1.807) is 33.3 Å².